The third kappa shape index (κ3) is 6.88. The summed E-state index contributed by atoms with van der Waals surface area (Å²) >= 11 is 7.49. The van der Waals surface area contributed by atoms with E-state index in [0.717, 1.165) is 16.0 Å². The Morgan fingerprint density at radius 1 is 0.903 bits per heavy atom. The van der Waals surface area contributed by atoms with E-state index < -0.39 is 6.04 Å². The first kappa shape index (κ1) is 22.9. The van der Waals surface area contributed by atoms with Crippen molar-refractivity contribution in [2.45, 2.75) is 23.9 Å². The Kier molecular flexibility index (Phi) is 8.56. The number of rotatable bonds is 9. The van der Waals surface area contributed by atoms with E-state index in [1.54, 1.807) is 24.1 Å². The number of carbonyl (C=O) groups is 2. The summed E-state index contributed by atoms with van der Waals surface area (Å²) in [5, 5.41) is 3.36. The number of amides is 2. The summed E-state index contributed by atoms with van der Waals surface area (Å²) in [5.74, 6) is -0.0240. The van der Waals surface area contributed by atoms with Crippen molar-refractivity contribution in [3.63, 3.8) is 0 Å². The molecule has 1 N–H and O–H groups in total. The zero-order chi connectivity index (χ0) is 22.1. The summed E-state index contributed by atoms with van der Waals surface area (Å²) in [6.07, 6.45) is 0.440. The molecule has 0 saturated carbocycles. The molecule has 0 aliphatic rings. The highest BCUT2D eigenvalue weighted by Crippen LogP contribution is 2.21. The average Bonchev–Trinajstić information content (AvgIpc) is 2.81. The third-order valence-corrected chi connectivity index (χ3v) is 6.14. The molecule has 31 heavy (non-hydrogen) atoms. The molecule has 0 radical (unpaired) electrons. The van der Waals surface area contributed by atoms with Gasteiger partial charge < -0.3 is 10.2 Å². The Labute approximate surface area is 192 Å². The van der Waals surface area contributed by atoms with Gasteiger partial charge >= 0.3 is 0 Å². The number of hydrogen-bond donors (Lipinski definition) is 1. The number of thioether (sulfide) groups is 1. The van der Waals surface area contributed by atoms with E-state index in [1.807, 2.05) is 72.8 Å². The van der Waals surface area contributed by atoms with Crippen LogP contribution in [0.25, 0.3) is 0 Å². The topological polar surface area (TPSA) is 49.4 Å². The molecule has 0 saturated heterocycles. The summed E-state index contributed by atoms with van der Waals surface area (Å²) in [6, 6.07) is 26.3. The van der Waals surface area contributed by atoms with E-state index >= 15 is 0 Å². The first-order chi connectivity index (χ1) is 15.1. The first-order valence-corrected chi connectivity index (χ1v) is 11.4. The maximum absolute atomic E-state index is 13.3. The molecule has 6 heteroatoms. The molecule has 0 aliphatic carbocycles. The van der Waals surface area contributed by atoms with Crippen LogP contribution in [0.3, 0.4) is 0 Å². The van der Waals surface area contributed by atoms with Gasteiger partial charge in [0.2, 0.25) is 11.8 Å². The zero-order valence-electron chi connectivity index (χ0n) is 17.3. The Hall–Kier alpha value is -2.76. The van der Waals surface area contributed by atoms with Crippen LogP contribution in [0.2, 0.25) is 5.02 Å². The number of nitrogens with zero attached hydrogens (tertiary/aromatic N) is 1. The highest BCUT2D eigenvalue weighted by atomic mass is 35.5. The normalized spacial score (nSPS) is 11.5. The van der Waals surface area contributed by atoms with Gasteiger partial charge in [-0.25, -0.2) is 0 Å². The molecular weight excluding hydrogens is 428 g/mol. The lowest BCUT2D eigenvalue weighted by atomic mass is 10.0. The van der Waals surface area contributed by atoms with Gasteiger partial charge in [-0.05, 0) is 35.4 Å². The Balaban J connectivity index is 1.86. The fourth-order valence-electron chi connectivity index (χ4n) is 3.25. The zero-order valence-corrected chi connectivity index (χ0v) is 18.9. The summed E-state index contributed by atoms with van der Waals surface area (Å²) in [6.45, 7) is 0.330. The van der Waals surface area contributed by atoms with Crippen LogP contribution in [0.5, 0.6) is 0 Å². The molecule has 0 aromatic heterocycles. The molecule has 0 aliphatic heterocycles. The van der Waals surface area contributed by atoms with E-state index in [0.29, 0.717) is 18.0 Å². The maximum Gasteiger partial charge on any atom is 0.242 e. The second kappa shape index (κ2) is 11.6. The fourth-order valence-corrected chi connectivity index (χ4v) is 4.18. The van der Waals surface area contributed by atoms with Crippen molar-refractivity contribution >= 4 is 35.2 Å². The molecule has 4 nitrogen and oxygen atoms in total. The van der Waals surface area contributed by atoms with Crippen LogP contribution in [-0.2, 0) is 22.6 Å². The first-order valence-electron chi connectivity index (χ1n) is 10.0. The minimum Gasteiger partial charge on any atom is -0.357 e. The molecule has 160 valence electrons. The summed E-state index contributed by atoms with van der Waals surface area (Å²) < 4.78 is 0. The van der Waals surface area contributed by atoms with E-state index in [9.17, 15) is 9.59 Å². The molecule has 3 aromatic rings. The minimum atomic E-state index is -0.619. The van der Waals surface area contributed by atoms with Crippen LogP contribution in [0.1, 0.15) is 11.1 Å². The van der Waals surface area contributed by atoms with Crippen molar-refractivity contribution in [3.05, 3.63) is 101 Å². The van der Waals surface area contributed by atoms with Crippen molar-refractivity contribution in [2.24, 2.45) is 0 Å². The van der Waals surface area contributed by atoms with Crippen LogP contribution in [0.15, 0.2) is 89.8 Å². The molecule has 3 rings (SSSR count). The lowest BCUT2D eigenvalue weighted by Crippen LogP contribution is -2.50. The van der Waals surface area contributed by atoms with Gasteiger partial charge in [0.1, 0.15) is 6.04 Å². The number of benzene rings is 3. The second-order valence-electron chi connectivity index (χ2n) is 7.07. The monoisotopic (exact) mass is 452 g/mol. The maximum atomic E-state index is 13.3. The van der Waals surface area contributed by atoms with Crippen LogP contribution in [0.4, 0.5) is 0 Å². The van der Waals surface area contributed by atoms with Gasteiger partial charge in [-0.2, -0.15) is 0 Å². The van der Waals surface area contributed by atoms with Gasteiger partial charge in [0, 0.05) is 29.9 Å². The molecule has 1 atom stereocenters. The molecule has 0 fully saturated rings. The van der Waals surface area contributed by atoms with E-state index in [-0.39, 0.29) is 17.6 Å². The molecule has 3 aromatic carbocycles. The summed E-state index contributed by atoms with van der Waals surface area (Å²) in [5.41, 5.74) is 1.92. The minimum absolute atomic E-state index is 0.0895. The third-order valence-electron chi connectivity index (χ3n) is 4.89. The smallest absolute Gasteiger partial charge is 0.242 e. The Morgan fingerprint density at radius 2 is 1.52 bits per heavy atom. The van der Waals surface area contributed by atoms with E-state index in [4.69, 9.17) is 11.6 Å². The van der Waals surface area contributed by atoms with Crippen LogP contribution < -0.4 is 5.32 Å². The predicted octanol–water partition coefficient (Wildman–Crippen LogP) is 4.82. The van der Waals surface area contributed by atoms with Crippen LogP contribution in [-0.4, -0.2) is 35.6 Å². The molecule has 2 amide bonds. The van der Waals surface area contributed by atoms with Crippen LogP contribution in [0, 0.1) is 0 Å². The lowest BCUT2D eigenvalue weighted by Gasteiger charge is -2.31. The number of halogens is 1. The number of likely N-dealkylation sites (N-methyl/N-ethyl adjacent to an activating group) is 1. The van der Waals surface area contributed by atoms with Crippen LogP contribution >= 0.6 is 23.4 Å². The number of nitrogens with one attached hydrogen (secondary N) is 1. The largest absolute Gasteiger partial charge is 0.357 e. The van der Waals surface area contributed by atoms with Gasteiger partial charge in [-0.1, -0.05) is 72.3 Å². The SMILES string of the molecule is CNC(=O)C(Cc1ccccc1)N(Cc1ccc(Cl)cc1)C(=O)CSc1ccccc1. The highest BCUT2D eigenvalue weighted by molar-refractivity contribution is 8.00. The van der Waals surface area contributed by atoms with Crippen molar-refractivity contribution in [3.8, 4) is 0 Å². The van der Waals surface area contributed by atoms with Crippen molar-refractivity contribution in [2.75, 3.05) is 12.8 Å². The van der Waals surface area contributed by atoms with Gasteiger partial charge in [-0.3, -0.25) is 9.59 Å². The van der Waals surface area contributed by atoms with E-state index in [2.05, 4.69) is 5.32 Å². The quantitative estimate of drug-likeness (QED) is 0.473. The summed E-state index contributed by atoms with van der Waals surface area (Å²) in [7, 11) is 1.60. The van der Waals surface area contributed by atoms with Crippen molar-refractivity contribution < 1.29 is 9.59 Å². The average molecular weight is 453 g/mol. The standard InChI is InChI=1S/C25H25ClN2O2S/c1-27-25(30)23(16-19-8-4-2-5-9-19)28(17-20-12-14-21(26)15-13-20)24(29)18-31-22-10-6-3-7-11-22/h2-15,23H,16-18H2,1H3,(H,27,30). The second-order valence-corrected chi connectivity index (χ2v) is 8.55. The highest BCUT2D eigenvalue weighted by Gasteiger charge is 2.29. The number of carbonyl (C=O) groups excluding carboxylic acids is 2. The Morgan fingerprint density at radius 3 is 2.13 bits per heavy atom. The van der Waals surface area contributed by atoms with Crippen molar-refractivity contribution in [1.29, 1.82) is 0 Å². The Bertz CT molecular complexity index is 981. The summed E-state index contributed by atoms with van der Waals surface area (Å²) in [4.78, 5) is 28.9. The van der Waals surface area contributed by atoms with Gasteiger partial charge in [-0.15, -0.1) is 11.8 Å². The number of hydrogen-bond acceptors (Lipinski definition) is 3. The molecule has 0 spiro atoms. The molecule has 0 heterocycles. The lowest BCUT2D eigenvalue weighted by molar-refractivity contribution is -0.139. The van der Waals surface area contributed by atoms with Gasteiger partial charge in [0.15, 0.2) is 0 Å². The van der Waals surface area contributed by atoms with Crippen molar-refractivity contribution in [1.82, 2.24) is 10.2 Å². The molecule has 0 bridgehead atoms. The van der Waals surface area contributed by atoms with Gasteiger partial charge in [0.25, 0.3) is 0 Å². The molecule has 1 unspecified atom stereocenters. The molecular formula is C25H25ClN2O2S. The van der Waals surface area contributed by atoms with E-state index in [1.165, 1.54) is 11.8 Å². The predicted molar refractivity (Wildman–Crippen MR) is 127 cm³/mol. The van der Waals surface area contributed by atoms with Gasteiger partial charge in [0.05, 0.1) is 5.75 Å². The fraction of sp³-hybridized carbons (Fsp3) is 0.200.